The summed E-state index contributed by atoms with van der Waals surface area (Å²) in [7, 11) is 2.99. The van der Waals surface area contributed by atoms with Crippen molar-refractivity contribution in [2.75, 3.05) is 14.2 Å². The van der Waals surface area contributed by atoms with Crippen LogP contribution < -0.4 is 0 Å². The molecule has 1 saturated carbocycles. The van der Waals surface area contributed by atoms with Crippen LogP contribution in [0, 0.1) is 5.41 Å². The van der Waals surface area contributed by atoms with E-state index in [0.29, 0.717) is 0 Å². The minimum Gasteiger partial charge on any atom is -0.460 e. The molecule has 0 saturated heterocycles. The Kier molecular flexibility index (Phi) is 3.81. The lowest BCUT2D eigenvalue weighted by Gasteiger charge is -2.23. The highest BCUT2D eigenvalue weighted by Crippen LogP contribution is 2.50. The summed E-state index contributed by atoms with van der Waals surface area (Å²) in [6.07, 6.45) is 1.58. The second kappa shape index (κ2) is 4.64. The maximum Gasteiger partial charge on any atom is 0.307 e. The fourth-order valence-corrected chi connectivity index (χ4v) is 1.69. The van der Waals surface area contributed by atoms with Crippen molar-refractivity contribution in [3.05, 3.63) is 0 Å². The molecule has 0 aromatic carbocycles. The molecule has 5 nitrogen and oxygen atoms in total. The molecule has 1 aliphatic carbocycles. The molecule has 0 bridgehead atoms. The number of hydroxylamine groups is 2. The molecule has 0 aromatic heterocycles. The number of ether oxygens (including phenoxy) is 1. The van der Waals surface area contributed by atoms with E-state index in [0.717, 1.165) is 12.8 Å². The Labute approximate surface area is 102 Å². The molecule has 0 aliphatic heterocycles. The van der Waals surface area contributed by atoms with E-state index in [1.807, 2.05) is 20.8 Å². The first-order chi connectivity index (χ1) is 7.70. The summed E-state index contributed by atoms with van der Waals surface area (Å²) >= 11 is 0. The number of hydrogen-bond acceptors (Lipinski definition) is 4. The molecular formula is C12H21NO4. The summed E-state index contributed by atoms with van der Waals surface area (Å²) in [6, 6.07) is 0. The summed E-state index contributed by atoms with van der Waals surface area (Å²) in [5.41, 5.74) is -1.10. The zero-order chi connectivity index (χ0) is 13.3. The Hall–Kier alpha value is -1.10. The zero-order valence-electron chi connectivity index (χ0n) is 11.2. The SMILES string of the molecule is CON(C)C(=O)C1(CC(=O)OC(C)(C)C)CC1. The van der Waals surface area contributed by atoms with Gasteiger partial charge in [0, 0.05) is 7.05 Å². The van der Waals surface area contributed by atoms with Crippen LogP contribution in [-0.2, 0) is 19.2 Å². The van der Waals surface area contributed by atoms with Crippen LogP contribution in [0.4, 0.5) is 0 Å². The lowest BCUT2D eigenvalue weighted by molar-refractivity contribution is -0.178. The number of hydrogen-bond donors (Lipinski definition) is 0. The van der Waals surface area contributed by atoms with Gasteiger partial charge in [-0.05, 0) is 33.6 Å². The Morgan fingerprint density at radius 3 is 2.18 bits per heavy atom. The molecule has 98 valence electrons. The van der Waals surface area contributed by atoms with Crippen molar-refractivity contribution in [1.29, 1.82) is 0 Å². The molecule has 0 unspecified atom stereocenters. The van der Waals surface area contributed by atoms with E-state index < -0.39 is 11.0 Å². The first-order valence-corrected chi connectivity index (χ1v) is 5.74. The summed E-state index contributed by atoms with van der Waals surface area (Å²) < 4.78 is 5.23. The van der Waals surface area contributed by atoms with Crippen molar-refractivity contribution >= 4 is 11.9 Å². The highest BCUT2D eigenvalue weighted by Gasteiger charge is 2.53. The average molecular weight is 243 g/mol. The fourth-order valence-electron chi connectivity index (χ4n) is 1.69. The molecule has 0 radical (unpaired) electrons. The summed E-state index contributed by atoms with van der Waals surface area (Å²) in [5.74, 6) is -0.473. The van der Waals surface area contributed by atoms with Gasteiger partial charge >= 0.3 is 5.97 Å². The van der Waals surface area contributed by atoms with Crippen molar-refractivity contribution in [2.45, 2.75) is 45.6 Å². The van der Waals surface area contributed by atoms with Crippen molar-refractivity contribution in [3.63, 3.8) is 0 Å². The maximum absolute atomic E-state index is 12.0. The second-order valence-corrected chi connectivity index (χ2v) is 5.53. The minimum atomic E-state index is -0.590. The Morgan fingerprint density at radius 1 is 1.29 bits per heavy atom. The lowest BCUT2D eigenvalue weighted by Crippen LogP contribution is -2.36. The molecule has 1 aliphatic rings. The van der Waals surface area contributed by atoms with Crippen molar-refractivity contribution in [3.8, 4) is 0 Å². The van der Waals surface area contributed by atoms with Gasteiger partial charge in [-0.1, -0.05) is 0 Å². The van der Waals surface area contributed by atoms with Gasteiger partial charge in [-0.25, -0.2) is 5.06 Å². The normalized spacial score (nSPS) is 17.5. The van der Waals surface area contributed by atoms with Gasteiger partial charge in [0.05, 0.1) is 18.9 Å². The molecule has 0 heterocycles. The minimum absolute atomic E-state index is 0.136. The number of nitrogens with zero attached hydrogens (tertiary/aromatic N) is 1. The topological polar surface area (TPSA) is 55.8 Å². The highest BCUT2D eigenvalue weighted by atomic mass is 16.7. The van der Waals surface area contributed by atoms with Gasteiger partial charge in [-0.2, -0.15) is 0 Å². The van der Waals surface area contributed by atoms with Gasteiger partial charge in [0.2, 0.25) is 0 Å². The summed E-state index contributed by atoms with van der Waals surface area (Å²) in [5, 5.41) is 1.18. The van der Waals surface area contributed by atoms with Gasteiger partial charge in [-0.3, -0.25) is 14.4 Å². The largest absolute Gasteiger partial charge is 0.460 e. The Morgan fingerprint density at radius 2 is 1.82 bits per heavy atom. The van der Waals surface area contributed by atoms with Crippen LogP contribution in [-0.4, -0.2) is 36.7 Å². The van der Waals surface area contributed by atoms with Gasteiger partial charge in [0.15, 0.2) is 0 Å². The molecule has 1 fully saturated rings. The first kappa shape index (κ1) is 14.0. The molecule has 5 heteroatoms. The number of esters is 1. The number of carbonyl (C=O) groups excluding carboxylic acids is 2. The fraction of sp³-hybridized carbons (Fsp3) is 0.833. The van der Waals surface area contributed by atoms with Crippen LogP contribution in [0.15, 0.2) is 0 Å². The molecule has 1 rings (SSSR count). The number of carbonyl (C=O) groups is 2. The van der Waals surface area contributed by atoms with Crippen LogP contribution in [0.1, 0.15) is 40.0 Å². The molecule has 17 heavy (non-hydrogen) atoms. The number of amides is 1. The Balaban J connectivity index is 2.56. The maximum atomic E-state index is 12.0. The van der Waals surface area contributed by atoms with E-state index in [4.69, 9.17) is 9.57 Å². The molecule has 0 N–H and O–H groups in total. The van der Waals surface area contributed by atoms with Crippen molar-refractivity contribution in [2.24, 2.45) is 5.41 Å². The first-order valence-electron chi connectivity index (χ1n) is 5.74. The average Bonchev–Trinajstić information content (AvgIpc) is 2.93. The third kappa shape index (κ3) is 3.70. The van der Waals surface area contributed by atoms with Crippen LogP contribution in [0.5, 0.6) is 0 Å². The predicted molar refractivity (Wildman–Crippen MR) is 61.9 cm³/mol. The Bertz CT molecular complexity index is 315. The standard InChI is InChI=1S/C12H21NO4/c1-11(2,3)17-9(14)8-12(6-7-12)10(15)13(4)16-5/h6-8H2,1-5H3. The van der Waals surface area contributed by atoms with E-state index in [1.54, 1.807) is 7.05 Å². The monoisotopic (exact) mass is 243 g/mol. The zero-order valence-corrected chi connectivity index (χ0v) is 11.2. The molecule has 1 amide bonds. The van der Waals surface area contributed by atoms with E-state index in [-0.39, 0.29) is 18.3 Å². The van der Waals surface area contributed by atoms with Crippen LogP contribution in [0.25, 0.3) is 0 Å². The summed E-state index contributed by atoms with van der Waals surface area (Å²) in [4.78, 5) is 28.5. The van der Waals surface area contributed by atoms with Crippen molar-refractivity contribution < 1.29 is 19.2 Å². The van der Waals surface area contributed by atoms with Crippen molar-refractivity contribution in [1.82, 2.24) is 5.06 Å². The molecule has 0 aromatic rings. The highest BCUT2D eigenvalue weighted by molar-refractivity contribution is 5.89. The van der Waals surface area contributed by atoms with Gasteiger partial charge in [0.1, 0.15) is 5.60 Å². The van der Waals surface area contributed by atoms with Gasteiger partial charge < -0.3 is 4.74 Å². The van der Waals surface area contributed by atoms with Gasteiger partial charge in [0.25, 0.3) is 5.91 Å². The third-order valence-corrected chi connectivity index (χ3v) is 2.77. The van der Waals surface area contributed by atoms with E-state index in [2.05, 4.69) is 0 Å². The summed E-state index contributed by atoms with van der Waals surface area (Å²) in [6.45, 7) is 5.44. The van der Waals surface area contributed by atoms with Crippen LogP contribution in [0.2, 0.25) is 0 Å². The third-order valence-electron chi connectivity index (χ3n) is 2.77. The second-order valence-electron chi connectivity index (χ2n) is 5.53. The van der Waals surface area contributed by atoms with E-state index >= 15 is 0 Å². The number of rotatable bonds is 4. The molecular weight excluding hydrogens is 222 g/mol. The lowest BCUT2D eigenvalue weighted by atomic mass is 10.0. The van der Waals surface area contributed by atoms with E-state index in [1.165, 1.54) is 12.2 Å². The quantitative estimate of drug-likeness (QED) is 0.555. The predicted octanol–water partition coefficient (Wildman–Crippen LogP) is 1.52. The van der Waals surface area contributed by atoms with Gasteiger partial charge in [-0.15, -0.1) is 0 Å². The molecule has 0 atom stereocenters. The van der Waals surface area contributed by atoms with E-state index in [9.17, 15) is 9.59 Å². The smallest absolute Gasteiger partial charge is 0.307 e. The van der Waals surface area contributed by atoms with Crippen LogP contribution in [0.3, 0.4) is 0 Å². The molecule has 0 spiro atoms. The van der Waals surface area contributed by atoms with Crippen LogP contribution >= 0.6 is 0 Å².